The van der Waals surface area contributed by atoms with Gasteiger partial charge in [0.1, 0.15) is 5.75 Å². The largest absolute Gasteiger partial charge is 0.497 e. The Labute approximate surface area is 145 Å². The molecule has 3 nitrogen and oxygen atoms in total. The number of ether oxygens (including phenoxy) is 1. The maximum atomic E-state index is 6.19. The van der Waals surface area contributed by atoms with Gasteiger partial charge in [0.2, 0.25) is 0 Å². The van der Waals surface area contributed by atoms with E-state index in [-0.39, 0.29) is 0 Å². The van der Waals surface area contributed by atoms with Crippen LogP contribution in [0, 0.1) is 13.8 Å². The van der Waals surface area contributed by atoms with Gasteiger partial charge in [-0.2, -0.15) is 0 Å². The lowest BCUT2D eigenvalue weighted by Gasteiger charge is -2.16. The standard InChI is InChI=1S/C20H17ClN2O/c1-12-4-5-13(2)23(12)20-16-8-6-14(21)10-19(16)22-18-9-7-15(24-3)11-17(18)20/h4-11H,1-3H3. The fraction of sp³-hybridized carbons (Fsp3) is 0.150. The van der Waals surface area contributed by atoms with E-state index in [0.717, 1.165) is 33.2 Å². The van der Waals surface area contributed by atoms with Crippen molar-refractivity contribution in [1.29, 1.82) is 0 Å². The number of aryl methyl sites for hydroxylation is 2. The van der Waals surface area contributed by atoms with Gasteiger partial charge < -0.3 is 9.30 Å². The Morgan fingerprint density at radius 3 is 2.33 bits per heavy atom. The third kappa shape index (κ3) is 2.24. The number of aromatic nitrogens is 2. The predicted octanol–water partition coefficient (Wildman–Crippen LogP) is 5.46. The van der Waals surface area contributed by atoms with Gasteiger partial charge in [0.05, 0.1) is 23.8 Å². The minimum absolute atomic E-state index is 0.690. The Kier molecular flexibility index (Phi) is 3.47. The molecule has 2 aromatic heterocycles. The molecule has 2 aromatic carbocycles. The number of hydrogen-bond donors (Lipinski definition) is 0. The van der Waals surface area contributed by atoms with Crippen LogP contribution in [-0.4, -0.2) is 16.7 Å². The molecular weight excluding hydrogens is 320 g/mol. The molecule has 0 atom stereocenters. The smallest absolute Gasteiger partial charge is 0.119 e. The SMILES string of the molecule is COc1ccc2nc3cc(Cl)ccc3c(-n3c(C)ccc3C)c2c1. The number of hydrogen-bond acceptors (Lipinski definition) is 2. The number of halogens is 1. The highest BCUT2D eigenvalue weighted by atomic mass is 35.5. The lowest BCUT2D eigenvalue weighted by molar-refractivity contribution is 0.415. The average Bonchev–Trinajstić information content (AvgIpc) is 2.91. The number of fused-ring (bicyclic) bond motifs is 2. The summed E-state index contributed by atoms with van der Waals surface area (Å²) < 4.78 is 7.69. The molecule has 4 aromatic rings. The topological polar surface area (TPSA) is 27.1 Å². The van der Waals surface area contributed by atoms with Crippen LogP contribution >= 0.6 is 11.6 Å². The zero-order valence-electron chi connectivity index (χ0n) is 13.8. The van der Waals surface area contributed by atoms with Crippen molar-refractivity contribution in [3.05, 3.63) is 64.9 Å². The maximum Gasteiger partial charge on any atom is 0.119 e. The first kappa shape index (κ1) is 15.0. The second kappa shape index (κ2) is 5.53. The lowest BCUT2D eigenvalue weighted by Crippen LogP contribution is -2.02. The molecule has 0 aliphatic heterocycles. The van der Waals surface area contributed by atoms with E-state index in [2.05, 4.69) is 30.5 Å². The molecular formula is C20H17ClN2O. The number of rotatable bonds is 2. The fourth-order valence-corrected chi connectivity index (χ4v) is 3.43. The number of methoxy groups -OCH3 is 1. The van der Waals surface area contributed by atoms with E-state index in [1.807, 2.05) is 36.4 Å². The Balaban J connectivity index is 2.24. The van der Waals surface area contributed by atoms with Crippen LogP contribution in [-0.2, 0) is 0 Å². The van der Waals surface area contributed by atoms with Crippen molar-refractivity contribution in [2.45, 2.75) is 13.8 Å². The molecule has 0 aliphatic carbocycles. The van der Waals surface area contributed by atoms with Crippen LogP contribution in [0.5, 0.6) is 5.75 Å². The molecule has 0 fully saturated rings. The molecule has 0 amide bonds. The lowest BCUT2D eigenvalue weighted by atomic mass is 10.1. The summed E-state index contributed by atoms with van der Waals surface area (Å²) in [4.78, 5) is 4.79. The first-order valence-corrected chi connectivity index (χ1v) is 8.18. The average molecular weight is 337 g/mol. The summed E-state index contributed by atoms with van der Waals surface area (Å²) in [5.41, 5.74) is 5.29. The van der Waals surface area contributed by atoms with E-state index in [0.29, 0.717) is 5.02 Å². The van der Waals surface area contributed by atoms with Crippen molar-refractivity contribution in [3.8, 4) is 11.4 Å². The van der Waals surface area contributed by atoms with Gasteiger partial charge >= 0.3 is 0 Å². The second-order valence-electron chi connectivity index (χ2n) is 5.96. The Hall–Kier alpha value is -2.52. The van der Waals surface area contributed by atoms with Crippen molar-refractivity contribution < 1.29 is 4.74 Å². The zero-order chi connectivity index (χ0) is 16.8. The van der Waals surface area contributed by atoms with Crippen molar-refractivity contribution in [1.82, 2.24) is 9.55 Å². The summed E-state index contributed by atoms with van der Waals surface area (Å²) in [6, 6.07) is 16.1. The van der Waals surface area contributed by atoms with Crippen molar-refractivity contribution in [3.63, 3.8) is 0 Å². The second-order valence-corrected chi connectivity index (χ2v) is 6.39. The third-order valence-electron chi connectivity index (χ3n) is 4.41. The summed E-state index contributed by atoms with van der Waals surface area (Å²) in [5.74, 6) is 0.821. The van der Waals surface area contributed by atoms with Gasteiger partial charge in [-0.25, -0.2) is 4.98 Å². The van der Waals surface area contributed by atoms with E-state index in [4.69, 9.17) is 21.3 Å². The zero-order valence-corrected chi connectivity index (χ0v) is 14.6. The van der Waals surface area contributed by atoms with Crippen LogP contribution in [0.2, 0.25) is 5.02 Å². The van der Waals surface area contributed by atoms with Crippen LogP contribution < -0.4 is 4.74 Å². The summed E-state index contributed by atoms with van der Waals surface area (Å²) in [5, 5.41) is 2.82. The quantitative estimate of drug-likeness (QED) is 0.455. The minimum atomic E-state index is 0.690. The molecule has 0 bridgehead atoms. The molecule has 0 saturated carbocycles. The number of pyridine rings is 1. The molecule has 0 aliphatic rings. The van der Waals surface area contributed by atoms with Gasteiger partial charge in [0.15, 0.2) is 0 Å². The summed E-state index contributed by atoms with van der Waals surface area (Å²) in [7, 11) is 1.68. The van der Waals surface area contributed by atoms with Crippen LogP contribution in [0.1, 0.15) is 11.4 Å². The van der Waals surface area contributed by atoms with Gasteiger partial charge in [-0.3, -0.25) is 0 Å². The summed E-state index contributed by atoms with van der Waals surface area (Å²) in [6.07, 6.45) is 0. The molecule has 4 heteroatoms. The molecule has 0 radical (unpaired) electrons. The molecule has 0 saturated heterocycles. The minimum Gasteiger partial charge on any atom is -0.497 e. The highest BCUT2D eigenvalue weighted by molar-refractivity contribution is 6.31. The molecule has 120 valence electrons. The Morgan fingerprint density at radius 1 is 0.875 bits per heavy atom. The van der Waals surface area contributed by atoms with Crippen LogP contribution in [0.25, 0.3) is 27.5 Å². The monoisotopic (exact) mass is 336 g/mol. The van der Waals surface area contributed by atoms with Gasteiger partial charge in [-0.05, 0) is 62.4 Å². The van der Waals surface area contributed by atoms with E-state index >= 15 is 0 Å². The van der Waals surface area contributed by atoms with E-state index < -0.39 is 0 Å². The van der Waals surface area contributed by atoms with Crippen molar-refractivity contribution >= 4 is 33.4 Å². The summed E-state index contributed by atoms with van der Waals surface area (Å²) in [6.45, 7) is 4.22. The Morgan fingerprint density at radius 2 is 1.62 bits per heavy atom. The van der Waals surface area contributed by atoms with E-state index in [1.54, 1.807) is 7.11 Å². The normalized spacial score (nSPS) is 11.3. The van der Waals surface area contributed by atoms with Crippen LogP contribution in [0.15, 0.2) is 48.5 Å². The van der Waals surface area contributed by atoms with Crippen LogP contribution in [0.4, 0.5) is 0 Å². The highest BCUT2D eigenvalue weighted by Crippen LogP contribution is 2.34. The molecule has 0 spiro atoms. The van der Waals surface area contributed by atoms with Crippen LogP contribution in [0.3, 0.4) is 0 Å². The number of nitrogens with zero attached hydrogens (tertiary/aromatic N) is 2. The first-order valence-electron chi connectivity index (χ1n) is 7.81. The van der Waals surface area contributed by atoms with Crippen molar-refractivity contribution in [2.75, 3.05) is 7.11 Å². The van der Waals surface area contributed by atoms with E-state index in [9.17, 15) is 0 Å². The third-order valence-corrected chi connectivity index (χ3v) is 4.64. The first-order chi connectivity index (χ1) is 11.6. The maximum absolute atomic E-state index is 6.19. The molecule has 0 N–H and O–H groups in total. The van der Waals surface area contributed by atoms with Gasteiger partial charge in [-0.1, -0.05) is 11.6 Å². The van der Waals surface area contributed by atoms with Gasteiger partial charge in [0.25, 0.3) is 0 Å². The summed E-state index contributed by atoms with van der Waals surface area (Å²) >= 11 is 6.19. The highest BCUT2D eigenvalue weighted by Gasteiger charge is 2.15. The van der Waals surface area contributed by atoms with E-state index in [1.165, 1.54) is 11.4 Å². The Bertz CT molecular complexity index is 1060. The molecule has 2 heterocycles. The molecule has 0 unspecified atom stereocenters. The van der Waals surface area contributed by atoms with Gasteiger partial charge in [-0.15, -0.1) is 0 Å². The molecule has 4 rings (SSSR count). The van der Waals surface area contributed by atoms with Gasteiger partial charge in [0, 0.05) is 27.2 Å². The predicted molar refractivity (Wildman–Crippen MR) is 99.6 cm³/mol. The molecule has 24 heavy (non-hydrogen) atoms. The van der Waals surface area contributed by atoms with Crippen molar-refractivity contribution in [2.24, 2.45) is 0 Å². The fourth-order valence-electron chi connectivity index (χ4n) is 3.26. The number of benzene rings is 2.